The summed E-state index contributed by atoms with van der Waals surface area (Å²) in [6.07, 6.45) is 0.0775. The largest absolute Gasteiger partial charge is 0.494 e. The highest BCUT2D eigenvalue weighted by Gasteiger charge is 2.36. The molecule has 0 radical (unpaired) electrons. The molecule has 1 aliphatic rings. The molecule has 0 saturated carbocycles. The van der Waals surface area contributed by atoms with Crippen LogP contribution >= 0.6 is 23.4 Å². The van der Waals surface area contributed by atoms with Gasteiger partial charge in [-0.2, -0.15) is 0 Å². The number of anilines is 1. The van der Waals surface area contributed by atoms with Crippen molar-refractivity contribution in [1.82, 2.24) is 4.90 Å². The number of nitrogens with one attached hydrogen (secondary N) is 1. The summed E-state index contributed by atoms with van der Waals surface area (Å²) in [5.41, 5.74) is 2.26. The van der Waals surface area contributed by atoms with Gasteiger partial charge in [0.15, 0.2) is 5.17 Å². The Kier molecular flexibility index (Phi) is 7.87. The zero-order chi connectivity index (χ0) is 23.9. The topological polar surface area (TPSA) is 71.0 Å². The number of carbonyl (C=O) groups excluding carboxylic acids is 2. The molecule has 1 heterocycles. The van der Waals surface area contributed by atoms with Gasteiger partial charge in [0.2, 0.25) is 11.8 Å². The van der Waals surface area contributed by atoms with Crippen LogP contribution in [0.15, 0.2) is 83.9 Å². The fourth-order valence-electron chi connectivity index (χ4n) is 3.44. The van der Waals surface area contributed by atoms with Crippen LogP contribution in [0.4, 0.5) is 11.4 Å². The van der Waals surface area contributed by atoms with E-state index in [9.17, 15) is 9.59 Å². The molecule has 174 valence electrons. The number of amides is 2. The van der Waals surface area contributed by atoms with Gasteiger partial charge in [-0.05, 0) is 48.9 Å². The first-order chi connectivity index (χ1) is 16.5. The zero-order valence-electron chi connectivity index (χ0n) is 18.6. The second-order valence-corrected chi connectivity index (χ2v) is 9.20. The third-order valence-corrected chi connectivity index (χ3v) is 6.52. The molecule has 3 aromatic rings. The zero-order valence-corrected chi connectivity index (χ0v) is 20.2. The lowest BCUT2D eigenvalue weighted by molar-refractivity contribution is -0.129. The average molecular weight is 494 g/mol. The Morgan fingerprint density at radius 3 is 2.62 bits per heavy atom. The van der Waals surface area contributed by atoms with Crippen molar-refractivity contribution in [2.24, 2.45) is 4.99 Å². The molecule has 4 rings (SSSR count). The highest BCUT2D eigenvalue weighted by atomic mass is 35.5. The summed E-state index contributed by atoms with van der Waals surface area (Å²) in [5, 5.41) is 3.37. The lowest BCUT2D eigenvalue weighted by Crippen LogP contribution is -2.44. The van der Waals surface area contributed by atoms with Crippen LogP contribution in [0.25, 0.3) is 0 Å². The first kappa shape index (κ1) is 23.9. The number of rotatable bonds is 7. The molecule has 3 aromatic carbocycles. The summed E-state index contributed by atoms with van der Waals surface area (Å²) in [6, 6.07) is 24.0. The number of carbonyl (C=O) groups is 2. The van der Waals surface area contributed by atoms with E-state index in [4.69, 9.17) is 21.3 Å². The molecular weight excluding hydrogens is 470 g/mol. The Hall–Kier alpha value is -3.29. The predicted molar refractivity (Wildman–Crippen MR) is 138 cm³/mol. The lowest BCUT2D eigenvalue weighted by Gasteiger charge is -2.32. The molecule has 1 saturated heterocycles. The fourth-order valence-corrected chi connectivity index (χ4v) is 4.67. The molecule has 1 atom stereocenters. The predicted octanol–water partition coefficient (Wildman–Crippen LogP) is 5.90. The van der Waals surface area contributed by atoms with Crippen molar-refractivity contribution in [2.45, 2.75) is 25.1 Å². The van der Waals surface area contributed by atoms with Crippen molar-refractivity contribution in [3.05, 3.63) is 89.4 Å². The fraction of sp³-hybridized carbons (Fsp3) is 0.192. The van der Waals surface area contributed by atoms with Crippen LogP contribution in [-0.4, -0.2) is 33.7 Å². The molecule has 1 unspecified atom stereocenters. The van der Waals surface area contributed by atoms with Crippen molar-refractivity contribution in [3.8, 4) is 5.75 Å². The van der Waals surface area contributed by atoms with E-state index in [1.807, 2.05) is 49.4 Å². The van der Waals surface area contributed by atoms with Crippen molar-refractivity contribution in [3.63, 3.8) is 0 Å². The van der Waals surface area contributed by atoms with Crippen LogP contribution in [-0.2, 0) is 16.1 Å². The van der Waals surface area contributed by atoms with Crippen LogP contribution in [0.5, 0.6) is 5.75 Å². The molecule has 0 aliphatic carbocycles. The minimum Gasteiger partial charge on any atom is -0.494 e. The van der Waals surface area contributed by atoms with Gasteiger partial charge in [-0.15, -0.1) is 0 Å². The number of benzene rings is 3. The lowest BCUT2D eigenvalue weighted by atomic mass is 10.2. The van der Waals surface area contributed by atoms with Crippen molar-refractivity contribution in [2.75, 3.05) is 11.9 Å². The summed E-state index contributed by atoms with van der Waals surface area (Å²) in [6.45, 7) is 2.81. The molecule has 2 amide bonds. The number of nitrogens with zero attached hydrogens (tertiary/aromatic N) is 2. The van der Waals surface area contributed by atoms with E-state index in [0.717, 1.165) is 5.56 Å². The summed E-state index contributed by atoms with van der Waals surface area (Å²) in [5.74, 6) is 0.264. The third kappa shape index (κ3) is 6.18. The molecule has 1 aliphatic heterocycles. The second kappa shape index (κ2) is 11.2. The van der Waals surface area contributed by atoms with Gasteiger partial charge in [-0.3, -0.25) is 14.5 Å². The second-order valence-electron chi connectivity index (χ2n) is 7.60. The molecule has 1 N–H and O–H groups in total. The Balaban J connectivity index is 1.57. The number of ether oxygens (including phenoxy) is 1. The van der Waals surface area contributed by atoms with Crippen LogP contribution < -0.4 is 10.1 Å². The first-order valence-electron chi connectivity index (χ1n) is 10.9. The van der Waals surface area contributed by atoms with Crippen molar-refractivity contribution < 1.29 is 14.3 Å². The molecule has 1 fully saturated rings. The Bertz CT molecular complexity index is 1190. The highest BCUT2D eigenvalue weighted by Crippen LogP contribution is 2.31. The van der Waals surface area contributed by atoms with Gasteiger partial charge >= 0.3 is 0 Å². The number of hydrogen-bond acceptors (Lipinski definition) is 5. The van der Waals surface area contributed by atoms with Crippen LogP contribution in [0.2, 0.25) is 5.02 Å². The van der Waals surface area contributed by atoms with E-state index in [-0.39, 0.29) is 18.2 Å². The summed E-state index contributed by atoms with van der Waals surface area (Å²) < 4.78 is 5.51. The van der Waals surface area contributed by atoms with Crippen molar-refractivity contribution in [1.29, 1.82) is 0 Å². The van der Waals surface area contributed by atoms with Crippen LogP contribution in [0.3, 0.4) is 0 Å². The Labute approximate surface area is 208 Å². The third-order valence-electron chi connectivity index (χ3n) is 5.08. The molecule has 34 heavy (non-hydrogen) atoms. The summed E-state index contributed by atoms with van der Waals surface area (Å²) in [4.78, 5) is 32.6. The molecular formula is C26H24ClN3O3S. The smallest absolute Gasteiger partial charge is 0.238 e. The molecule has 0 spiro atoms. The van der Waals surface area contributed by atoms with Gasteiger partial charge in [0.25, 0.3) is 0 Å². The Morgan fingerprint density at radius 2 is 1.88 bits per heavy atom. The van der Waals surface area contributed by atoms with Crippen LogP contribution in [0.1, 0.15) is 18.9 Å². The number of amidine groups is 1. The maximum absolute atomic E-state index is 13.2. The van der Waals surface area contributed by atoms with Gasteiger partial charge in [0, 0.05) is 23.2 Å². The van der Waals surface area contributed by atoms with Gasteiger partial charge < -0.3 is 10.1 Å². The van der Waals surface area contributed by atoms with E-state index in [1.165, 1.54) is 11.8 Å². The van der Waals surface area contributed by atoms with Gasteiger partial charge in [0.1, 0.15) is 11.0 Å². The standard InChI is InChI=1S/C26H24ClN3O3S/c1-2-33-22-10-6-9-21(15-22)28-25(32)23-16-24(31)30(17-18-7-4-3-5-8-18)26(34-23)29-20-13-11-19(27)12-14-20/h3-15,23H,2,16-17H2,1H3,(H,28,32). The van der Waals surface area contributed by atoms with Gasteiger partial charge in [-0.25, -0.2) is 4.99 Å². The van der Waals surface area contributed by atoms with E-state index in [0.29, 0.717) is 40.5 Å². The molecule has 0 bridgehead atoms. The number of halogens is 1. The van der Waals surface area contributed by atoms with E-state index in [2.05, 4.69) is 5.32 Å². The summed E-state index contributed by atoms with van der Waals surface area (Å²) >= 11 is 7.29. The van der Waals surface area contributed by atoms with E-state index in [1.54, 1.807) is 41.3 Å². The average Bonchev–Trinajstić information content (AvgIpc) is 2.83. The van der Waals surface area contributed by atoms with Gasteiger partial charge in [0.05, 0.1) is 18.8 Å². The maximum Gasteiger partial charge on any atom is 0.238 e. The normalized spacial score (nSPS) is 17.0. The molecule has 8 heteroatoms. The van der Waals surface area contributed by atoms with E-state index < -0.39 is 5.25 Å². The Morgan fingerprint density at radius 1 is 1.12 bits per heavy atom. The van der Waals surface area contributed by atoms with Crippen molar-refractivity contribution >= 4 is 51.7 Å². The minimum absolute atomic E-state index is 0.0775. The number of hydrogen-bond donors (Lipinski definition) is 1. The highest BCUT2D eigenvalue weighted by molar-refractivity contribution is 8.15. The SMILES string of the molecule is CCOc1cccc(NC(=O)C2CC(=O)N(Cc3ccccc3)C(=Nc3ccc(Cl)cc3)S2)c1. The monoisotopic (exact) mass is 493 g/mol. The first-order valence-corrected chi connectivity index (χ1v) is 12.2. The minimum atomic E-state index is -0.610. The van der Waals surface area contributed by atoms with Gasteiger partial charge in [-0.1, -0.05) is 59.8 Å². The quantitative estimate of drug-likeness (QED) is 0.445. The summed E-state index contributed by atoms with van der Waals surface area (Å²) in [7, 11) is 0. The number of thioether (sulfide) groups is 1. The maximum atomic E-state index is 13.2. The molecule has 0 aromatic heterocycles. The van der Waals surface area contributed by atoms with E-state index >= 15 is 0 Å². The van der Waals surface area contributed by atoms with Crippen LogP contribution in [0, 0.1) is 0 Å². The number of aliphatic imine (C=N–C) groups is 1. The molecule has 6 nitrogen and oxygen atoms in total.